The first-order valence-corrected chi connectivity index (χ1v) is 14.1. The van der Waals surface area contributed by atoms with Gasteiger partial charge in [0.2, 0.25) is 0 Å². The third-order valence-electron chi connectivity index (χ3n) is 7.28. The number of carbonyl (C=O) groups is 1. The SMILES string of the molecule is CCCCCCCOC(=O)c1ccc(OCCCC2CCC(CCCCCCC)CC2)cc1. The third kappa shape index (κ3) is 12.5. The molecule has 0 bridgehead atoms. The number of unbranched alkanes of at least 4 members (excludes halogenated alkanes) is 8. The Labute approximate surface area is 204 Å². The van der Waals surface area contributed by atoms with E-state index in [4.69, 9.17) is 9.47 Å². The van der Waals surface area contributed by atoms with Gasteiger partial charge in [0.05, 0.1) is 18.8 Å². The summed E-state index contributed by atoms with van der Waals surface area (Å²) in [5, 5.41) is 0. The lowest BCUT2D eigenvalue weighted by atomic mass is 9.78. The molecule has 0 unspecified atom stereocenters. The highest BCUT2D eigenvalue weighted by molar-refractivity contribution is 5.89. The van der Waals surface area contributed by atoms with Gasteiger partial charge in [-0.1, -0.05) is 104 Å². The summed E-state index contributed by atoms with van der Waals surface area (Å²) in [4.78, 5) is 12.1. The topological polar surface area (TPSA) is 35.5 Å². The molecule has 0 atom stereocenters. The van der Waals surface area contributed by atoms with Gasteiger partial charge in [0.15, 0.2) is 0 Å². The van der Waals surface area contributed by atoms with Crippen LogP contribution in [-0.2, 0) is 4.74 Å². The molecule has 1 aliphatic carbocycles. The van der Waals surface area contributed by atoms with E-state index in [0.29, 0.717) is 12.2 Å². The van der Waals surface area contributed by atoms with Crippen molar-refractivity contribution in [1.29, 1.82) is 0 Å². The zero-order valence-electron chi connectivity index (χ0n) is 21.6. The summed E-state index contributed by atoms with van der Waals surface area (Å²) in [5.41, 5.74) is 0.609. The molecule has 188 valence electrons. The summed E-state index contributed by atoms with van der Waals surface area (Å²) in [5.74, 6) is 2.50. The van der Waals surface area contributed by atoms with Crippen molar-refractivity contribution >= 4 is 5.97 Å². The average molecular weight is 459 g/mol. The largest absolute Gasteiger partial charge is 0.494 e. The van der Waals surface area contributed by atoms with Crippen LogP contribution in [0.1, 0.15) is 133 Å². The van der Waals surface area contributed by atoms with Crippen LogP contribution in [0.5, 0.6) is 5.75 Å². The number of carbonyl (C=O) groups excluding carboxylic acids is 1. The highest BCUT2D eigenvalue weighted by Gasteiger charge is 2.20. The molecule has 0 radical (unpaired) electrons. The Morgan fingerprint density at radius 1 is 0.697 bits per heavy atom. The van der Waals surface area contributed by atoms with Crippen LogP contribution in [-0.4, -0.2) is 19.2 Å². The lowest BCUT2D eigenvalue weighted by Gasteiger charge is -2.28. The van der Waals surface area contributed by atoms with E-state index in [9.17, 15) is 4.79 Å². The molecular weight excluding hydrogens is 408 g/mol. The summed E-state index contributed by atoms with van der Waals surface area (Å²) in [7, 11) is 0. The number of benzene rings is 1. The summed E-state index contributed by atoms with van der Waals surface area (Å²) in [6.07, 6.45) is 22.4. The van der Waals surface area contributed by atoms with E-state index in [1.165, 1.54) is 89.9 Å². The smallest absolute Gasteiger partial charge is 0.338 e. The van der Waals surface area contributed by atoms with Crippen LogP contribution in [0.2, 0.25) is 0 Å². The standard InChI is InChI=1S/C30H50O3/c1-3-5-7-9-11-14-26-16-18-27(19-17-26)15-13-25-32-29-22-20-28(21-23-29)30(31)33-24-12-10-8-6-4-2/h20-23,26-27H,3-19,24-25H2,1-2H3. The van der Waals surface area contributed by atoms with Crippen LogP contribution in [0.15, 0.2) is 24.3 Å². The van der Waals surface area contributed by atoms with Crippen LogP contribution in [0.3, 0.4) is 0 Å². The Morgan fingerprint density at radius 3 is 1.85 bits per heavy atom. The van der Waals surface area contributed by atoms with Gasteiger partial charge in [0, 0.05) is 0 Å². The van der Waals surface area contributed by atoms with Crippen molar-refractivity contribution in [2.75, 3.05) is 13.2 Å². The number of rotatable bonds is 18. The maximum Gasteiger partial charge on any atom is 0.338 e. The van der Waals surface area contributed by atoms with Crippen molar-refractivity contribution in [3.8, 4) is 5.75 Å². The van der Waals surface area contributed by atoms with E-state index in [-0.39, 0.29) is 5.97 Å². The van der Waals surface area contributed by atoms with Gasteiger partial charge in [0.1, 0.15) is 5.75 Å². The van der Waals surface area contributed by atoms with Crippen LogP contribution < -0.4 is 4.74 Å². The van der Waals surface area contributed by atoms with Crippen molar-refractivity contribution in [3.05, 3.63) is 29.8 Å². The summed E-state index contributed by atoms with van der Waals surface area (Å²) < 4.78 is 11.3. The highest BCUT2D eigenvalue weighted by Crippen LogP contribution is 2.34. The van der Waals surface area contributed by atoms with Gasteiger partial charge in [-0.3, -0.25) is 0 Å². The first-order chi connectivity index (χ1) is 16.2. The van der Waals surface area contributed by atoms with Gasteiger partial charge in [0.25, 0.3) is 0 Å². The van der Waals surface area contributed by atoms with Gasteiger partial charge >= 0.3 is 5.97 Å². The lowest BCUT2D eigenvalue weighted by Crippen LogP contribution is -2.15. The molecule has 0 aromatic heterocycles. The zero-order valence-corrected chi connectivity index (χ0v) is 21.6. The van der Waals surface area contributed by atoms with Crippen molar-refractivity contribution in [3.63, 3.8) is 0 Å². The van der Waals surface area contributed by atoms with Crippen LogP contribution >= 0.6 is 0 Å². The predicted molar refractivity (Wildman–Crippen MR) is 139 cm³/mol. The Hall–Kier alpha value is -1.51. The van der Waals surface area contributed by atoms with E-state index in [2.05, 4.69) is 13.8 Å². The zero-order chi connectivity index (χ0) is 23.6. The predicted octanol–water partition coefficient (Wildman–Crippen LogP) is 9.14. The normalized spacial score (nSPS) is 18.2. The van der Waals surface area contributed by atoms with Crippen LogP contribution in [0, 0.1) is 11.8 Å². The molecule has 0 aliphatic heterocycles. The average Bonchev–Trinajstić information content (AvgIpc) is 2.85. The summed E-state index contributed by atoms with van der Waals surface area (Å²) in [6, 6.07) is 7.42. The fourth-order valence-electron chi connectivity index (χ4n) is 5.05. The maximum absolute atomic E-state index is 12.1. The molecule has 0 N–H and O–H groups in total. The number of hydrogen-bond donors (Lipinski definition) is 0. The second-order valence-corrected chi connectivity index (χ2v) is 10.2. The number of esters is 1. The molecule has 2 rings (SSSR count). The number of ether oxygens (including phenoxy) is 2. The van der Waals surface area contributed by atoms with Crippen molar-refractivity contribution in [2.45, 2.75) is 123 Å². The minimum Gasteiger partial charge on any atom is -0.494 e. The summed E-state index contributed by atoms with van der Waals surface area (Å²) >= 11 is 0. The Morgan fingerprint density at radius 2 is 1.24 bits per heavy atom. The molecule has 3 heteroatoms. The van der Waals surface area contributed by atoms with Gasteiger partial charge in [-0.05, 0) is 55.4 Å². The second-order valence-electron chi connectivity index (χ2n) is 10.2. The van der Waals surface area contributed by atoms with E-state index in [1.807, 2.05) is 24.3 Å². The Balaban J connectivity index is 1.51. The molecule has 1 fully saturated rings. The van der Waals surface area contributed by atoms with Crippen molar-refractivity contribution < 1.29 is 14.3 Å². The first kappa shape index (κ1) is 27.7. The van der Waals surface area contributed by atoms with Gasteiger partial charge in [-0.25, -0.2) is 4.79 Å². The molecule has 1 aromatic rings. The van der Waals surface area contributed by atoms with E-state index >= 15 is 0 Å². The van der Waals surface area contributed by atoms with Gasteiger partial charge in [-0.15, -0.1) is 0 Å². The summed E-state index contributed by atoms with van der Waals surface area (Å²) in [6.45, 7) is 5.77. The lowest BCUT2D eigenvalue weighted by molar-refractivity contribution is 0.0497. The van der Waals surface area contributed by atoms with Crippen molar-refractivity contribution in [1.82, 2.24) is 0 Å². The van der Waals surface area contributed by atoms with Crippen molar-refractivity contribution in [2.24, 2.45) is 11.8 Å². The molecule has 33 heavy (non-hydrogen) atoms. The second kappa shape index (κ2) is 17.9. The van der Waals surface area contributed by atoms with Crippen LogP contribution in [0.4, 0.5) is 0 Å². The molecule has 1 saturated carbocycles. The van der Waals surface area contributed by atoms with E-state index < -0.39 is 0 Å². The van der Waals surface area contributed by atoms with Gasteiger partial charge < -0.3 is 9.47 Å². The molecule has 1 aliphatic rings. The monoisotopic (exact) mass is 458 g/mol. The Kier molecular flexibility index (Phi) is 15.0. The molecular formula is C30H50O3. The third-order valence-corrected chi connectivity index (χ3v) is 7.28. The van der Waals surface area contributed by atoms with Crippen LogP contribution in [0.25, 0.3) is 0 Å². The molecule has 0 heterocycles. The first-order valence-electron chi connectivity index (χ1n) is 14.1. The quantitative estimate of drug-likeness (QED) is 0.162. The van der Waals surface area contributed by atoms with Gasteiger partial charge in [-0.2, -0.15) is 0 Å². The van der Waals surface area contributed by atoms with E-state index in [0.717, 1.165) is 43.5 Å². The minimum absolute atomic E-state index is 0.228. The molecule has 0 amide bonds. The minimum atomic E-state index is -0.228. The maximum atomic E-state index is 12.1. The number of hydrogen-bond acceptors (Lipinski definition) is 3. The van der Waals surface area contributed by atoms with E-state index in [1.54, 1.807) is 0 Å². The molecule has 3 nitrogen and oxygen atoms in total. The Bertz CT molecular complexity index is 601. The highest BCUT2D eigenvalue weighted by atomic mass is 16.5. The fourth-order valence-corrected chi connectivity index (χ4v) is 5.05. The molecule has 0 spiro atoms. The molecule has 1 aromatic carbocycles. The molecule has 0 saturated heterocycles. The fraction of sp³-hybridized carbons (Fsp3) is 0.767.